The summed E-state index contributed by atoms with van der Waals surface area (Å²) in [5.74, 6) is -0.852. The third-order valence-corrected chi connectivity index (χ3v) is 3.23. The van der Waals surface area contributed by atoms with Crippen LogP contribution in [0.15, 0.2) is 42.5 Å². The topological polar surface area (TPSA) is 49.3 Å². The van der Waals surface area contributed by atoms with E-state index >= 15 is 0 Å². The molecule has 1 aliphatic rings. The van der Waals surface area contributed by atoms with Gasteiger partial charge in [-0.05, 0) is 50.3 Å². The Balaban J connectivity index is 0.000000456. The van der Waals surface area contributed by atoms with E-state index in [4.69, 9.17) is 0 Å². The second-order valence-electron chi connectivity index (χ2n) is 5.03. The smallest absolute Gasteiger partial charge is 0.253 e. The maximum Gasteiger partial charge on any atom is 0.253 e. The van der Waals surface area contributed by atoms with Crippen molar-refractivity contribution < 1.29 is 14.3 Å². The van der Waals surface area contributed by atoms with Crippen LogP contribution in [0.1, 0.15) is 52.5 Å². The highest BCUT2D eigenvalue weighted by atomic mass is 19.1. The van der Waals surface area contributed by atoms with Gasteiger partial charge in [0.2, 0.25) is 0 Å². The van der Waals surface area contributed by atoms with Gasteiger partial charge in [-0.2, -0.15) is 0 Å². The third-order valence-electron chi connectivity index (χ3n) is 3.23. The van der Waals surface area contributed by atoms with E-state index in [1.807, 2.05) is 20.8 Å². The molecule has 0 aliphatic carbocycles. The SMILES string of the molecule is C/C=C\C/C=C\CC.CC.O=C1Nc2cc(F)ccc2CCC1O. The first-order chi connectivity index (χ1) is 11.6. The molecular weight excluding hydrogens is 305 g/mol. The van der Waals surface area contributed by atoms with Gasteiger partial charge in [-0.3, -0.25) is 4.79 Å². The Morgan fingerprint density at radius 2 is 2.00 bits per heavy atom. The van der Waals surface area contributed by atoms with Crippen molar-refractivity contribution in [2.24, 2.45) is 0 Å². The second-order valence-corrected chi connectivity index (χ2v) is 5.03. The van der Waals surface area contributed by atoms with Gasteiger partial charge in [0.1, 0.15) is 11.9 Å². The highest BCUT2D eigenvalue weighted by Gasteiger charge is 2.21. The number of aryl methyl sites for hydroxylation is 1. The van der Waals surface area contributed by atoms with Crippen molar-refractivity contribution in [3.8, 4) is 0 Å². The number of benzene rings is 1. The number of rotatable bonds is 3. The molecule has 1 aliphatic heterocycles. The average Bonchev–Trinajstić information content (AvgIpc) is 2.73. The third kappa shape index (κ3) is 8.63. The first-order valence-corrected chi connectivity index (χ1v) is 8.62. The Labute approximate surface area is 145 Å². The largest absolute Gasteiger partial charge is 0.383 e. The van der Waals surface area contributed by atoms with E-state index in [0.29, 0.717) is 18.5 Å². The molecule has 0 aromatic heterocycles. The number of amides is 1. The van der Waals surface area contributed by atoms with E-state index in [2.05, 4.69) is 36.5 Å². The van der Waals surface area contributed by atoms with Crippen molar-refractivity contribution in [2.45, 2.75) is 59.5 Å². The Bertz CT molecular complexity index is 538. The minimum Gasteiger partial charge on any atom is -0.383 e. The van der Waals surface area contributed by atoms with Crippen LogP contribution >= 0.6 is 0 Å². The van der Waals surface area contributed by atoms with Gasteiger partial charge in [0.05, 0.1) is 0 Å². The quantitative estimate of drug-likeness (QED) is 0.762. The molecule has 1 aromatic carbocycles. The van der Waals surface area contributed by atoms with Crippen LogP contribution < -0.4 is 5.32 Å². The lowest BCUT2D eigenvalue weighted by Crippen LogP contribution is -2.25. The fraction of sp³-hybridized carbons (Fsp3) is 0.450. The Hall–Kier alpha value is -1.94. The molecule has 0 bridgehead atoms. The zero-order chi connectivity index (χ0) is 18.4. The summed E-state index contributed by atoms with van der Waals surface area (Å²) < 4.78 is 12.8. The van der Waals surface area contributed by atoms with Gasteiger partial charge in [-0.25, -0.2) is 4.39 Å². The van der Waals surface area contributed by atoms with E-state index in [1.165, 1.54) is 12.1 Å². The summed E-state index contributed by atoms with van der Waals surface area (Å²) in [6.07, 6.45) is 10.8. The Morgan fingerprint density at radius 1 is 1.29 bits per heavy atom. The maximum atomic E-state index is 12.8. The van der Waals surface area contributed by atoms with E-state index in [1.54, 1.807) is 6.07 Å². The van der Waals surface area contributed by atoms with Gasteiger partial charge in [-0.1, -0.05) is 51.1 Å². The molecule has 0 saturated heterocycles. The highest BCUT2D eigenvalue weighted by Crippen LogP contribution is 2.22. The molecular formula is C20H30FNO2. The molecule has 3 nitrogen and oxygen atoms in total. The van der Waals surface area contributed by atoms with E-state index < -0.39 is 12.0 Å². The summed E-state index contributed by atoms with van der Waals surface area (Å²) in [6, 6.07) is 4.25. The van der Waals surface area contributed by atoms with Crippen molar-refractivity contribution in [1.82, 2.24) is 0 Å². The summed E-state index contributed by atoms with van der Waals surface area (Å²) in [4.78, 5) is 11.2. The van der Waals surface area contributed by atoms with Crippen LogP contribution in [0.5, 0.6) is 0 Å². The number of hydrogen-bond donors (Lipinski definition) is 2. The fourth-order valence-corrected chi connectivity index (χ4v) is 2.00. The predicted molar refractivity (Wildman–Crippen MR) is 99.6 cm³/mol. The zero-order valence-electron chi connectivity index (χ0n) is 15.2. The van der Waals surface area contributed by atoms with Crippen molar-refractivity contribution >= 4 is 11.6 Å². The van der Waals surface area contributed by atoms with Gasteiger partial charge in [-0.15, -0.1) is 0 Å². The monoisotopic (exact) mass is 335 g/mol. The lowest BCUT2D eigenvalue weighted by Gasteiger charge is -2.06. The van der Waals surface area contributed by atoms with Crippen molar-refractivity contribution in [1.29, 1.82) is 0 Å². The standard InChI is InChI=1S/C10H10FNO2.C8H14.C2H6/c11-7-3-1-6-2-4-9(13)10(14)12-8(6)5-7;1-3-5-7-8-6-4-2;1-2/h1,3,5,9,13H,2,4H2,(H,12,14);3,5-6,8H,4,7H2,1-2H3;1-2H3/b;5-3-,8-6-;. The van der Waals surface area contributed by atoms with Crippen LogP contribution in [0.25, 0.3) is 0 Å². The zero-order valence-corrected chi connectivity index (χ0v) is 15.2. The minimum absolute atomic E-state index is 0.379. The molecule has 1 aromatic rings. The molecule has 2 N–H and O–H groups in total. The molecule has 0 spiro atoms. The number of fused-ring (bicyclic) bond motifs is 1. The molecule has 24 heavy (non-hydrogen) atoms. The summed E-state index contributed by atoms with van der Waals surface area (Å²) in [7, 11) is 0. The number of aliphatic hydroxyl groups excluding tert-OH is 1. The lowest BCUT2D eigenvalue weighted by atomic mass is 10.1. The number of anilines is 1. The molecule has 4 heteroatoms. The number of carbonyl (C=O) groups is 1. The summed E-state index contributed by atoms with van der Waals surface area (Å²) in [6.45, 7) is 8.19. The molecule has 0 saturated carbocycles. The molecule has 0 fully saturated rings. The first kappa shape index (κ1) is 22.1. The number of hydrogen-bond acceptors (Lipinski definition) is 2. The minimum atomic E-state index is -0.995. The van der Waals surface area contributed by atoms with Crippen molar-refractivity contribution in [3.63, 3.8) is 0 Å². The molecule has 1 heterocycles. The summed E-state index contributed by atoms with van der Waals surface area (Å²) >= 11 is 0. The van der Waals surface area contributed by atoms with Gasteiger partial charge in [0.15, 0.2) is 0 Å². The number of nitrogens with one attached hydrogen (secondary N) is 1. The first-order valence-electron chi connectivity index (χ1n) is 8.62. The summed E-state index contributed by atoms with van der Waals surface area (Å²) in [5.41, 5.74) is 1.32. The van der Waals surface area contributed by atoms with Gasteiger partial charge in [0.25, 0.3) is 5.91 Å². The number of aliphatic hydroxyl groups is 1. The number of carbonyl (C=O) groups excluding carboxylic acids is 1. The van der Waals surface area contributed by atoms with Crippen molar-refractivity contribution in [3.05, 3.63) is 53.9 Å². The van der Waals surface area contributed by atoms with Gasteiger partial charge >= 0.3 is 0 Å². The molecule has 1 atom stereocenters. The van der Waals surface area contributed by atoms with Crippen molar-refractivity contribution in [2.75, 3.05) is 5.32 Å². The molecule has 2 rings (SSSR count). The van der Waals surface area contributed by atoms with Crippen LogP contribution in [0.3, 0.4) is 0 Å². The normalized spacial score (nSPS) is 16.4. The molecule has 1 unspecified atom stereocenters. The fourth-order valence-electron chi connectivity index (χ4n) is 2.00. The molecule has 1 amide bonds. The Morgan fingerprint density at radius 3 is 2.62 bits per heavy atom. The second kappa shape index (κ2) is 13.5. The number of allylic oxidation sites excluding steroid dienone is 4. The predicted octanol–water partition coefficient (Wildman–Crippen LogP) is 5.02. The van der Waals surface area contributed by atoms with Gasteiger partial charge in [0, 0.05) is 5.69 Å². The van der Waals surface area contributed by atoms with E-state index in [0.717, 1.165) is 18.4 Å². The van der Waals surface area contributed by atoms with Gasteiger partial charge < -0.3 is 10.4 Å². The van der Waals surface area contributed by atoms with Crippen LogP contribution in [0.2, 0.25) is 0 Å². The van der Waals surface area contributed by atoms with Crippen LogP contribution in [-0.2, 0) is 11.2 Å². The maximum absolute atomic E-state index is 12.8. The lowest BCUT2D eigenvalue weighted by molar-refractivity contribution is -0.124. The average molecular weight is 335 g/mol. The van der Waals surface area contributed by atoms with E-state index in [-0.39, 0.29) is 5.82 Å². The van der Waals surface area contributed by atoms with E-state index in [9.17, 15) is 14.3 Å². The Kier molecular flexibility index (Phi) is 12.4. The van der Waals surface area contributed by atoms with Crippen LogP contribution in [0.4, 0.5) is 10.1 Å². The van der Waals surface area contributed by atoms with Crippen LogP contribution in [0, 0.1) is 5.82 Å². The van der Waals surface area contributed by atoms with Crippen LogP contribution in [-0.4, -0.2) is 17.1 Å². The number of halogens is 1. The highest BCUT2D eigenvalue weighted by molar-refractivity contribution is 5.95. The molecule has 134 valence electrons. The molecule has 0 radical (unpaired) electrons. The summed E-state index contributed by atoms with van der Waals surface area (Å²) in [5, 5.41) is 11.8.